The smallest absolute Gasteiger partial charge is 0.225 e. The van der Waals surface area contributed by atoms with Crippen LogP contribution in [0, 0.1) is 12.3 Å². The number of halogens is 1. The Balaban J connectivity index is 0.00000450. The van der Waals surface area contributed by atoms with E-state index in [1.165, 1.54) is 0 Å². The van der Waals surface area contributed by atoms with Gasteiger partial charge < -0.3 is 25.4 Å². The first kappa shape index (κ1) is 26.5. The zero-order valence-electron chi connectivity index (χ0n) is 18.8. The van der Waals surface area contributed by atoms with Crippen molar-refractivity contribution in [3.8, 4) is 5.75 Å². The van der Waals surface area contributed by atoms with E-state index in [2.05, 4.69) is 46.1 Å². The van der Waals surface area contributed by atoms with Crippen molar-refractivity contribution in [2.75, 3.05) is 32.8 Å². The van der Waals surface area contributed by atoms with Crippen molar-refractivity contribution in [2.45, 2.75) is 53.7 Å². The second-order valence-electron chi connectivity index (χ2n) is 8.34. The second-order valence-corrected chi connectivity index (χ2v) is 8.34. The van der Waals surface area contributed by atoms with Gasteiger partial charge in [0.25, 0.3) is 0 Å². The minimum absolute atomic E-state index is 0. The van der Waals surface area contributed by atoms with Gasteiger partial charge >= 0.3 is 0 Å². The summed E-state index contributed by atoms with van der Waals surface area (Å²) in [6, 6.07) is 6.20. The quantitative estimate of drug-likeness (QED) is 0.208. The molecule has 1 fully saturated rings. The van der Waals surface area contributed by atoms with E-state index < -0.39 is 0 Å². The topological polar surface area (TPSA) is 84.0 Å². The minimum atomic E-state index is -0.384. The summed E-state index contributed by atoms with van der Waals surface area (Å²) in [6.45, 7) is 13.6. The maximum atomic E-state index is 11.9. The molecule has 0 aliphatic carbocycles. The number of guanidine groups is 1. The first-order valence-corrected chi connectivity index (χ1v) is 10.4. The number of amides is 1. The number of nitrogens with one attached hydrogen (secondary N) is 3. The third kappa shape index (κ3) is 9.07. The van der Waals surface area contributed by atoms with Crippen molar-refractivity contribution in [1.29, 1.82) is 0 Å². The lowest BCUT2D eigenvalue weighted by atomic mass is 9.96. The molecule has 0 bridgehead atoms. The number of nitrogens with zero attached hydrogens (tertiary/aromatic N) is 1. The number of aryl methyl sites for hydroxylation is 1. The molecule has 1 saturated heterocycles. The number of aliphatic imine (C=N–C) groups is 1. The van der Waals surface area contributed by atoms with Crippen LogP contribution < -0.4 is 20.7 Å². The Kier molecular flexibility index (Phi) is 11.5. The molecule has 1 unspecified atom stereocenters. The van der Waals surface area contributed by atoms with Gasteiger partial charge in [-0.15, -0.1) is 24.0 Å². The molecule has 2 rings (SSSR count). The molecule has 0 spiro atoms. The molecular formula is C22H37IN4O3. The van der Waals surface area contributed by atoms with E-state index in [1.54, 1.807) is 0 Å². The summed E-state index contributed by atoms with van der Waals surface area (Å²) >= 11 is 0. The van der Waals surface area contributed by atoms with E-state index in [9.17, 15) is 4.79 Å². The highest BCUT2D eigenvalue weighted by Gasteiger charge is 2.20. The van der Waals surface area contributed by atoms with Gasteiger partial charge in [0, 0.05) is 37.0 Å². The van der Waals surface area contributed by atoms with Crippen LogP contribution in [-0.2, 0) is 16.1 Å². The van der Waals surface area contributed by atoms with Crippen molar-refractivity contribution in [1.82, 2.24) is 16.0 Å². The molecule has 0 radical (unpaired) electrons. The van der Waals surface area contributed by atoms with Crippen LogP contribution in [0.5, 0.6) is 5.75 Å². The van der Waals surface area contributed by atoms with E-state index in [-0.39, 0.29) is 41.4 Å². The summed E-state index contributed by atoms with van der Waals surface area (Å²) in [4.78, 5) is 16.6. The second kappa shape index (κ2) is 13.0. The van der Waals surface area contributed by atoms with Gasteiger partial charge in [0.1, 0.15) is 11.9 Å². The van der Waals surface area contributed by atoms with Crippen molar-refractivity contribution >= 4 is 35.8 Å². The number of carbonyl (C=O) groups is 1. The summed E-state index contributed by atoms with van der Waals surface area (Å²) < 4.78 is 11.6. The average molecular weight is 532 g/mol. The van der Waals surface area contributed by atoms with Crippen LogP contribution in [0.15, 0.2) is 23.2 Å². The summed E-state index contributed by atoms with van der Waals surface area (Å²) in [7, 11) is 0. The molecule has 1 aromatic carbocycles. The Labute approximate surface area is 197 Å². The van der Waals surface area contributed by atoms with Crippen LogP contribution in [0.25, 0.3) is 0 Å². The molecular weight excluding hydrogens is 495 g/mol. The molecule has 30 heavy (non-hydrogen) atoms. The van der Waals surface area contributed by atoms with Crippen molar-refractivity contribution in [3.05, 3.63) is 29.3 Å². The maximum Gasteiger partial charge on any atom is 0.225 e. The molecule has 1 heterocycles. The molecule has 1 atom stereocenters. The van der Waals surface area contributed by atoms with Gasteiger partial charge in [-0.1, -0.05) is 32.9 Å². The van der Waals surface area contributed by atoms with E-state index in [0.29, 0.717) is 32.2 Å². The van der Waals surface area contributed by atoms with Gasteiger partial charge in [0.05, 0.1) is 19.8 Å². The molecule has 7 nitrogen and oxygen atoms in total. The van der Waals surface area contributed by atoms with Gasteiger partial charge in [-0.3, -0.25) is 4.79 Å². The zero-order valence-corrected chi connectivity index (χ0v) is 21.2. The van der Waals surface area contributed by atoms with Crippen molar-refractivity contribution < 1.29 is 14.3 Å². The molecule has 1 aromatic rings. The lowest BCUT2D eigenvalue weighted by molar-refractivity contribution is -0.128. The van der Waals surface area contributed by atoms with Gasteiger partial charge in [-0.05, 0) is 25.5 Å². The molecule has 1 amide bonds. The normalized spacial score (nSPS) is 16.6. The minimum Gasteiger partial charge on any atom is -0.488 e. The fourth-order valence-electron chi connectivity index (χ4n) is 2.82. The number of hydrogen-bond donors (Lipinski definition) is 3. The van der Waals surface area contributed by atoms with E-state index in [1.807, 2.05) is 27.7 Å². The predicted octanol–water partition coefficient (Wildman–Crippen LogP) is 3.00. The molecule has 3 N–H and O–H groups in total. The third-order valence-electron chi connectivity index (χ3n) is 4.54. The first-order chi connectivity index (χ1) is 13.8. The van der Waals surface area contributed by atoms with Gasteiger partial charge in [-0.2, -0.15) is 0 Å². The van der Waals surface area contributed by atoms with E-state index in [4.69, 9.17) is 9.47 Å². The Morgan fingerprint density at radius 1 is 1.23 bits per heavy atom. The maximum absolute atomic E-state index is 11.9. The van der Waals surface area contributed by atoms with E-state index >= 15 is 0 Å². The number of benzene rings is 1. The van der Waals surface area contributed by atoms with Crippen LogP contribution >= 0.6 is 24.0 Å². The Hall–Kier alpha value is -1.55. The van der Waals surface area contributed by atoms with Crippen LogP contribution in [0.3, 0.4) is 0 Å². The predicted molar refractivity (Wildman–Crippen MR) is 132 cm³/mol. The number of ether oxygens (including phenoxy) is 2. The highest BCUT2D eigenvalue weighted by atomic mass is 127. The Morgan fingerprint density at radius 2 is 1.97 bits per heavy atom. The van der Waals surface area contributed by atoms with Crippen molar-refractivity contribution in [2.24, 2.45) is 10.4 Å². The molecule has 1 aliphatic heterocycles. The molecule has 170 valence electrons. The van der Waals surface area contributed by atoms with E-state index in [0.717, 1.165) is 36.4 Å². The SMILES string of the molecule is CCNC(=NCc1ccc(C)cc1OC1CCOC1)NCCNC(=O)C(C)(C)C.I. The van der Waals surface area contributed by atoms with Crippen LogP contribution in [0.4, 0.5) is 0 Å². The number of hydrogen-bond acceptors (Lipinski definition) is 4. The average Bonchev–Trinajstić information content (AvgIpc) is 3.16. The summed E-state index contributed by atoms with van der Waals surface area (Å²) in [5.74, 6) is 1.63. The number of carbonyl (C=O) groups excluding carboxylic acids is 1. The monoisotopic (exact) mass is 532 g/mol. The lowest BCUT2D eigenvalue weighted by Crippen LogP contribution is -2.43. The molecule has 0 saturated carbocycles. The van der Waals surface area contributed by atoms with Gasteiger partial charge in [0.15, 0.2) is 5.96 Å². The van der Waals surface area contributed by atoms with Crippen LogP contribution in [0.2, 0.25) is 0 Å². The summed E-state index contributed by atoms with van der Waals surface area (Å²) in [5.41, 5.74) is 1.82. The lowest BCUT2D eigenvalue weighted by Gasteiger charge is -2.18. The van der Waals surface area contributed by atoms with Gasteiger partial charge in [0.2, 0.25) is 5.91 Å². The molecule has 0 aromatic heterocycles. The van der Waals surface area contributed by atoms with Crippen LogP contribution in [-0.4, -0.2) is 50.8 Å². The van der Waals surface area contributed by atoms with Crippen molar-refractivity contribution in [3.63, 3.8) is 0 Å². The van der Waals surface area contributed by atoms with Crippen LogP contribution in [0.1, 0.15) is 45.2 Å². The highest BCUT2D eigenvalue weighted by Crippen LogP contribution is 2.24. The zero-order chi connectivity index (χ0) is 21.3. The molecule has 1 aliphatic rings. The fraction of sp³-hybridized carbons (Fsp3) is 0.636. The number of rotatable bonds is 8. The van der Waals surface area contributed by atoms with Gasteiger partial charge in [-0.25, -0.2) is 4.99 Å². The first-order valence-electron chi connectivity index (χ1n) is 10.4. The summed E-state index contributed by atoms with van der Waals surface area (Å²) in [6.07, 6.45) is 1.03. The summed E-state index contributed by atoms with van der Waals surface area (Å²) in [5, 5.41) is 9.44. The standard InChI is InChI=1S/C22H36N4O3.HI/c1-6-23-21(25-11-10-24-20(27)22(3,4)5)26-14-17-8-7-16(2)13-19(17)29-18-9-12-28-15-18;/h7-8,13,18H,6,9-12,14-15H2,1-5H3,(H,24,27)(H2,23,25,26);1H. The molecule has 8 heteroatoms. The largest absolute Gasteiger partial charge is 0.488 e. The highest BCUT2D eigenvalue weighted by molar-refractivity contribution is 14.0. The fourth-order valence-corrected chi connectivity index (χ4v) is 2.82. The third-order valence-corrected chi connectivity index (χ3v) is 4.54. The Morgan fingerprint density at radius 3 is 2.60 bits per heavy atom. The Bertz CT molecular complexity index is 698.